The summed E-state index contributed by atoms with van der Waals surface area (Å²) in [6.07, 6.45) is -0.759. The van der Waals surface area contributed by atoms with Crippen molar-refractivity contribution < 1.29 is 19.1 Å². The molecule has 35 heavy (non-hydrogen) atoms. The molecule has 0 aliphatic carbocycles. The molecule has 10 heteroatoms. The van der Waals surface area contributed by atoms with E-state index in [0.29, 0.717) is 10.8 Å². The molecule has 3 N–H and O–H groups in total. The Morgan fingerprint density at radius 1 is 0.914 bits per heavy atom. The first-order chi connectivity index (χ1) is 16.7. The van der Waals surface area contributed by atoms with Gasteiger partial charge in [0, 0.05) is 5.39 Å². The van der Waals surface area contributed by atoms with Gasteiger partial charge in [-0.15, -0.1) is 0 Å². The van der Waals surface area contributed by atoms with Gasteiger partial charge in [-0.1, -0.05) is 62.4 Å². The van der Waals surface area contributed by atoms with E-state index in [0.717, 1.165) is 5.56 Å². The number of hydrazine groups is 1. The van der Waals surface area contributed by atoms with Crippen LogP contribution in [0.2, 0.25) is 0 Å². The average Bonchev–Trinajstić information content (AvgIpc) is 2.85. The van der Waals surface area contributed by atoms with Crippen molar-refractivity contribution in [1.82, 2.24) is 25.9 Å². The first-order valence-corrected chi connectivity index (χ1v) is 11.3. The van der Waals surface area contributed by atoms with Crippen molar-refractivity contribution in [3.05, 3.63) is 76.2 Å². The van der Waals surface area contributed by atoms with Gasteiger partial charge in [-0.2, -0.15) is 5.10 Å². The van der Waals surface area contributed by atoms with E-state index >= 15 is 0 Å². The lowest BCUT2D eigenvalue weighted by atomic mass is 10.0. The lowest BCUT2D eigenvalue weighted by Gasteiger charge is -2.21. The molecule has 0 fully saturated rings. The maximum atomic E-state index is 12.9. The lowest BCUT2D eigenvalue weighted by Crippen LogP contribution is -2.54. The maximum Gasteiger partial charge on any atom is 0.408 e. The standard InChI is InChI=1S/C25H29N5O5/c1-15(2)20(26-25(34)35-14-17-10-6-5-7-11-17)22(31)27-28-23(32)21-18-12-8-9-13-19(18)24(33)30(29-21)16(3)4/h5-13,15-16,20H,14H2,1-4H3,(H,26,34)(H,27,31)(H,28,32)/t20-/m0/s1. The van der Waals surface area contributed by atoms with E-state index in [9.17, 15) is 19.2 Å². The smallest absolute Gasteiger partial charge is 0.408 e. The zero-order valence-electron chi connectivity index (χ0n) is 20.1. The van der Waals surface area contributed by atoms with Gasteiger partial charge in [0.2, 0.25) is 0 Å². The highest BCUT2D eigenvalue weighted by Gasteiger charge is 2.26. The highest BCUT2D eigenvalue weighted by molar-refractivity contribution is 6.05. The van der Waals surface area contributed by atoms with Gasteiger partial charge in [0.25, 0.3) is 17.4 Å². The number of amides is 3. The molecule has 0 radical (unpaired) electrons. The highest BCUT2D eigenvalue weighted by atomic mass is 16.5. The third kappa shape index (κ3) is 6.23. The van der Waals surface area contributed by atoms with Gasteiger partial charge in [-0.05, 0) is 31.4 Å². The molecule has 0 saturated carbocycles. The number of alkyl carbamates (subject to hydrolysis) is 1. The predicted molar refractivity (Wildman–Crippen MR) is 130 cm³/mol. The number of rotatable bonds is 7. The second kappa shape index (κ2) is 11.3. The van der Waals surface area contributed by atoms with Crippen molar-refractivity contribution in [3.63, 3.8) is 0 Å². The molecule has 2 aromatic carbocycles. The molecule has 0 unspecified atom stereocenters. The summed E-state index contributed by atoms with van der Waals surface area (Å²) < 4.78 is 6.41. The topological polar surface area (TPSA) is 131 Å². The molecule has 1 atom stereocenters. The fourth-order valence-corrected chi connectivity index (χ4v) is 3.41. The largest absolute Gasteiger partial charge is 0.445 e. The molecule has 0 aliphatic heterocycles. The van der Waals surface area contributed by atoms with Gasteiger partial charge in [-0.25, -0.2) is 9.48 Å². The van der Waals surface area contributed by atoms with Crippen LogP contribution in [-0.2, 0) is 16.1 Å². The van der Waals surface area contributed by atoms with Crippen LogP contribution < -0.4 is 21.7 Å². The van der Waals surface area contributed by atoms with Crippen LogP contribution in [0.4, 0.5) is 4.79 Å². The second-order valence-electron chi connectivity index (χ2n) is 8.61. The third-order valence-electron chi connectivity index (χ3n) is 5.27. The van der Waals surface area contributed by atoms with E-state index in [1.165, 1.54) is 4.68 Å². The van der Waals surface area contributed by atoms with Crippen LogP contribution in [0.25, 0.3) is 10.8 Å². The fourth-order valence-electron chi connectivity index (χ4n) is 3.41. The summed E-state index contributed by atoms with van der Waals surface area (Å²) >= 11 is 0. The molecular formula is C25H29N5O5. The van der Waals surface area contributed by atoms with Gasteiger partial charge in [0.15, 0.2) is 5.69 Å². The summed E-state index contributed by atoms with van der Waals surface area (Å²) in [7, 11) is 0. The minimum Gasteiger partial charge on any atom is -0.445 e. The molecule has 0 bridgehead atoms. The van der Waals surface area contributed by atoms with Crippen LogP contribution >= 0.6 is 0 Å². The summed E-state index contributed by atoms with van der Waals surface area (Å²) in [6.45, 7) is 7.11. The van der Waals surface area contributed by atoms with Gasteiger partial charge in [-0.3, -0.25) is 25.2 Å². The summed E-state index contributed by atoms with van der Waals surface area (Å²) in [6, 6.07) is 14.5. The summed E-state index contributed by atoms with van der Waals surface area (Å²) in [4.78, 5) is 50.6. The minimum absolute atomic E-state index is 0.00877. The van der Waals surface area contributed by atoms with Crippen LogP contribution in [0, 0.1) is 5.92 Å². The monoisotopic (exact) mass is 479 g/mol. The Kier molecular flexibility index (Phi) is 8.19. The number of hydrogen-bond donors (Lipinski definition) is 3. The Morgan fingerprint density at radius 3 is 2.17 bits per heavy atom. The molecule has 0 aliphatic rings. The Hall–Kier alpha value is -4.21. The van der Waals surface area contributed by atoms with Crippen LogP contribution in [0.5, 0.6) is 0 Å². The van der Waals surface area contributed by atoms with E-state index in [4.69, 9.17) is 4.74 Å². The quantitative estimate of drug-likeness (QED) is 0.447. The Balaban J connectivity index is 1.68. The number of ether oxygens (including phenoxy) is 1. The van der Waals surface area contributed by atoms with Crippen LogP contribution in [0.3, 0.4) is 0 Å². The Bertz CT molecular complexity index is 1270. The summed E-state index contributed by atoms with van der Waals surface area (Å²) in [5, 5.41) is 7.44. The molecule has 3 amide bonds. The van der Waals surface area contributed by atoms with Gasteiger partial charge in [0.05, 0.1) is 11.4 Å². The van der Waals surface area contributed by atoms with Crippen molar-refractivity contribution in [3.8, 4) is 0 Å². The predicted octanol–water partition coefficient (Wildman–Crippen LogP) is 2.69. The van der Waals surface area contributed by atoms with E-state index in [-0.39, 0.29) is 29.8 Å². The van der Waals surface area contributed by atoms with E-state index in [2.05, 4.69) is 21.3 Å². The van der Waals surface area contributed by atoms with Gasteiger partial charge >= 0.3 is 6.09 Å². The number of carbonyl (C=O) groups is 3. The van der Waals surface area contributed by atoms with Crippen molar-refractivity contribution >= 4 is 28.7 Å². The molecule has 1 aromatic heterocycles. The number of benzene rings is 2. The third-order valence-corrected chi connectivity index (χ3v) is 5.27. The van der Waals surface area contributed by atoms with Crippen molar-refractivity contribution in [2.75, 3.05) is 0 Å². The molecule has 3 rings (SSSR count). The van der Waals surface area contributed by atoms with Crippen LogP contribution in [-0.4, -0.2) is 33.7 Å². The number of nitrogens with one attached hydrogen (secondary N) is 3. The number of nitrogens with zero attached hydrogens (tertiary/aromatic N) is 2. The second-order valence-corrected chi connectivity index (χ2v) is 8.61. The number of hydrogen-bond acceptors (Lipinski definition) is 6. The zero-order valence-corrected chi connectivity index (χ0v) is 20.1. The summed E-state index contributed by atoms with van der Waals surface area (Å²) in [5.41, 5.74) is 5.16. The molecular weight excluding hydrogens is 450 g/mol. The maximum absolute atomic E-state index is 12.9. The Labute approximate surface area is 202 Å². The first kappa shape index (κ1) is 25.4. The number of aromatic nitrogens is 2. The Morgan fingerprint density at radius 2 is 1.54 bits per heavy atom. The lowest BCUT2D eigenvalue weighted by molar-refractivity contribution is -0.124. The number of carbonyl (C=O) groups excluding carboxylic acids is 3. The highest BCUT2D eigenvalue weighted by Crippen LogP contribution is 2.14. The molecule has 0 saturated heterocycles. The van der Waals surface area contributed by atoms with E-state index in [1.54, 1.807) is 52.0 Å². The van der Waals surface area contributed by atoms with Crippen molar-refractivity contribution in [2.24, 2.45) is 5.92 Å². The SMILES string of the molecule is CC(C)[C@H](NC(=O)OCc1ccccc1)C(=O)NNC(=O)c1nn(C(C)C)c(=O)c2ccccc12. The fraction of sp³-hybridized carbons (Fsp3) is 0.320. The van der Waals surface area contributed by atoms with E-state index < -0.39 is 23.9 Å². The minimum atomic E-state index is -0.965. The molecule has 184 valence electrons. The molecule has 0 spiro atoms. The van der Waals surface area contributed by atoms with Crippen LogP contribution in [0.1, 0.15) is 49.8 Å². The summed E-state index contributed by atoms with van der Waals surface area (Å²) in [5.74, 6) is -1.62. The molecule has 1 heterocycles. The zero-order chi connectivity index (χ0) is 25.5. The van der Waals surface area contributed by atoms with Gasteiger partial charge in [0.1, 0.15) is 12.6 Å². The van der Waals surface area contributed by atoms with Gasteiger partial charge < -0.3 is 10.1 Å². The number of fused-ring (bicyclic) bond motifs is 1. The van der Waals surface area contributed by atoms with E-state index in [1.807, 2.05) is 30.3 Å². The molecule has 3 aromatic rings. The van der Waals surface area contributed by atoms with Crippen LogP contribution in [0.15, 0.2) is 59.4 Å². The first-order valence-electron chi connectivity index (χ1n) is 11.3. The molecule has 10 nitrogen and oxygen atoms in total. The normalized spacial score (nSPS) is 11.8. The van der Waals surface area contributed by atoms with Crippen molar-refractivity contribution in [1.29, 1.82) is 0 Å². The van der Waals surface area contributed by atoms with Crippen molar-refractivity contribution in [2.45, 2.75) is 46.4 Å². The average molecular weight is 480 g/mol.